The second-order valence-corrected chi connectivity index (χ2v) is 5.23. The topological polar surface area (TPSA) is 35.2 Å². The van der Waals surface area contributed by atoms with E-state index in [1.54, 1.807) is 7.11 Å². The summed E-state index contributed by atoms with van der Waals surface area (Å²) in [7, 11) is 1.71. The first-order valence-corrected chi connectivity index (χ1v) is 6.42. The number of ether oxygens (including phenoxy) is 1. The van der Waals surface area contributed by atoms with Gasteiger partial charge in [0.25, 0.3) is 0 Å². The molecule has 1 rings (SSSR count). The van der Waals surface area contributed by atoms with Gasteiger partial charge in [0, 0.05) is 6.04 Å². The van der Waals surface area contributed by atoms with Crippen molar-refractivity contribution in [3.8, 4) is 5.75 Å². The maximum absolute atomic E-state index is 6.09. The molecule has 96 valence electrons. The molecule has 0 spiro atoms. The van der Waals surface area contributed by atoms with Crippen LogP contribution in [-0.2, 0) is 6.42 Å². The fourth-order valence-electron chi connectivity index (χ4n) is 2.17. The fraction of sp³-hybridized carbons (Fsp3) is 0.600. The Morgan fingerprint density at radius 1 is 1.29 bits per heavy atom. The minimum Gasteiger partial charge on any atom is -0.496 e. The summed E-state index contributed by atoms with van der Waals surface area (Å²) in [5.41, 5.74) is 8.64. The standard InChI is InChI=1S/C15H25NO/c1-11(2)9-14(16)7-5-13-6-8-15(17-4)12(3)10-13/h6,8,10-11,14H,5,7,9,16H2,1-4H3. The molecule has 1 aromatic carbocycles. The molecule has 17 heavy (non-hydrogen) atoms. The predicted octanol–water partition coefficient (Wildman–Crippen LogP) is 3.31. The molecule has 0 aliphatic carbocycles. The SMILES string of the molecule is COc1ccc(CCC(N)CC(C)C)cc1C. The molecular formula is C15H25NO. The molecule has 0 aliphatic rings. The summed E-state index contributed by atoms with van der Waals surface area (Å²) >= 11 is 0. The van der Waals surface area contributed by atoms with Gasteiger partial charge >= 0.3 is 0 Å². The summed E-state index contributed by atoms with van der Waals surface area (Å²) in [6.45, 7) is 6.52. The third-order valence-corrected chi connectivity index (χ3v) is 3.04. The van der Waals surface area contributed by atoms with Crippen molar-refractivity contribution in [1.82, 2.24) is 0 Å². The molecule has 0 fully saturated rings. The summed E-state index contributed by atoms with van der Waals surface area (Å²) in [4.78, 5) is 0. The van der Waals surface area contributed by atoms with E-state index in [0.717, 1.165) is 25.0 Å². The Morgan fingerprint density at radius 3 is 2.53 bits per heavy atom. The number of rotatable bonds is 6. The van der Waals surface area contributed by atoms with Gasteiger partial charge in [-0.15, -0.1) is 0 Å². The lowest BCUT2D eigenvalue weighted by Crippen LogP contribution is -2.22. The minimum atomic E-state index is 0.317. The van der Waals surface area contributed by atoms with Crippen molar-refractivity contribution >= 4 is 0 Å². The third-order valence-electron chi connectivity index (χ3n) is 3.04. The van der Waals surface area contributed by atoms with E-state index >= 15 is 0 Å². The molecule has 0 bridgehead atoms. The van der Waals surface area contributed by atoms with Crippen LogP contribution in [0.4, 0.5) is 0 Å². The van der Waals surface area contributed by atoms with Crippen molar-refractivity contribution in [3.63, 3.8) is 0 Å². The smallest absolute Gasteiger partial charge is 0.121 e. The van der Waals surface area contributed by atoms with Crippen LogP contribution in [0.5, 0.6) is 5.75 Å². The fourth-order valence-corrected chi connectivity index (χ4v) is 2.17. The molecule has 1 aromatic rings. The number of hydrogen-bond acceptors (Lipinski definition) is 2. The van der Waals surface area contributed by atoms with Gasteiger partial charge < -0.3 is 10.5 Å². The van der Waals surface area contributed by atoms with Crippen molar-refractivity contribution in [2.24, 2.45) is 11.7 Å². The number of hydrogen-bond donors (Lipinski definition) is 1. The van der Waals surface area contributed by atoms with E-state index in [1.807, 2.05) is 6.07 Å². The summed E-state index contributed by atoms with van der Waals surface area (Å²) in [5.74, 6) is 1.64. The number of benzene rings is 1. The molecule has 0 aromatic heterocycles. The van der Waals surface area contributed by atoms with Gasteiger partial charge in [-0.2, -0.15) is 0 Å². The Morgan fingerprint density at radius 2 is 2.00 bits per heavy atom. The van der Waals surface area contributed by atoms with Crippen LogP contribution >= 0.6 is 0 Å². The molecule has 0 radical (unpaired) electrons. The summed E-state index contributed by atoms with van der Waals surface area (Å²) in [6, 6.07) is 6.69. The molecular weight excluding hydrogens is 210 g/mol. The quantitative estimate of drug-likeness (QED) is 0.821. The van der Waals surface area contributed by atoms with Crippen molar-refractivity contribution < 1.29 is 4.74 Å². The first-order chi connectivity index (χ1) is 8.02. The van der Waals surface area contributed by atoms with Crippen LogP contribution in [0.1, 0.15) is 37.8 Å². The molecule has 0 aliphatic heterocycles. The van der Waals surface area contributed by atoms with Crippen LogP contribution in [0.15, 0.2) is 18.2 Å². The normalized spacial score (nSPS) is 12.8. The molecule has 0 heterocycles. The molecule has 0 saturated heterocycles. The van der Waals surface area contributed by atoms with Gasteiger partial charge in [-0.05, 0) is 49.3 Å². The van der Waals surface area contributed by atoms with Gasteiger partial charge in [0.1, 0.15) is 5.75 Å². The Labute approximate surface area is 105 Å². The average Bonchev–Trinajstić information content (AvgIpc) is 2.25. The molecule has 0 saturated carbocycles. The molecule has 2 N–H and O–H groups in total. The first-order valence-electron chi connectivity index (χ1n) is 6.42. The lowest BCUT2D eigenvalue weighted by molar-refractivity contribution is 0.411. The Kier molecular flexibility index (Phi) is 5.49. The Hall–Kier alpha value is -1.02. The van der Waals surface area contributed by atoms with E-state index in [1.165, 1.54) is 11.1 Å². The highest BCUT2D eigenvalue weighted by Gasteiger charge is 2.06. The van der Waals surface area contributed by atoms with Gasteiger partial charge in [-0.25, -0.2) is 0 Å². The summed E-state index contributed by atoms with van der Waals surface area (Å²) < 4.78 is 5.25. The van der Waals surface area contributed by atoms with Gasteiger partial charge in [0.15, 0.2) is 0 Å². The highest BCUT2D eigenvalue weighted by molar-refractivity contribution is 5.36. The zero-order chi connectivity index (χ0) is 12.8. The number of methoxy groups -OCH3 is 1. The monoisotopic (exact) mass is 235 g/mol. The van der Waals surface area contributed by atoms with Gasteiger partial charge in [0.2, 0.25) is 0 Å². The van der Waals surface area contributed by atoms with E-state index in [9.17, 15) is 0 Å². The van der Waals surface area contributed by atoms with Crippen LogP contribution in [0.2, 0.25) is 0 Å². The van der Waals surface area contributed by atoms with Crippen LogP contribution in [0.3, 0.4) is 0 Å². The highest BCUT2D eigenvalue weighted by Crippen LogP contribution is 2.20. The highest BCUT2D eigenvalue weighted by atomic mass is 16.5. The van der Waals surface area contributed by atoms with E-state index in [-0.39, 0.29) is 0 Å². The lowest BCUT2D eigenvalue weighted by Gasteiger charge is -2.14. The van der Waals surface area contributed by atoms with E-state index in [4.69, 9.17) is 10.5 Å². The molecule has 2 heteroatoms. The number of nitrogens with two attached hydrogens (primary N) is 1. The van der Waals surface area contributed by atoms with Crippen LogP contribution in [0, 0.1) is 12.8 Å². The van der Waals surface area contributed by atoms with Crippen molar-refractivity contribution in [2.75, 3.05) is 7.11 Å². The second kappa shape index (κ2) is 6.65. The van der Waals surface area contributed by atoms with Crippen LogP contribution in [0.25, 0.3) is 0 Å². The van der Waals surface area contributed by atoms with E-state index in [2.05, 4.69) is 32.9 Å². The molecule has 0 amide bonds. The van der Waals surface area contributed by atoms with Gasteiger partial charge in [-0.1, -0.05) is 26.0 Å². The zero-order valence-electron chi connectivity index (χ0n) is 11.5. The van der Waals surface area contributed by atoms with E-state index < -0.39 is 0 Å². The molecule has 1 unspecified atom stereocenters. The third kappa shape index (κ3) is 4.78. The van der Waals surface area contributed by atoms with Gasteiger partial charge in [0.05, 0.1) is 7.11 Å². The van der Waals surface area contributed by atoms with Gasteiger partial charge in [-0.3, -0.25) is 0 Å². The van der Waals surface area contributed by atoms with Crippen molar-refractivity contribution in [1.29, 1.82) is 0 Å². The minimum absolute atomic E-state index is 0.317. The number of aryl methyl sites for hydroxylation is 2. The van der Waals surface area contributed by atoms with E-state index in [0.29, 0.717) is 12.0 Å². The molecule has 2 nitrogen and oxygen atoms in total. The van der Waals surface area contributed by atoms with Crippen LogP contribution < -0.4 is 10.5 Å². The zero-order valence-corrected chi connectivity index (χ0v) is 11.5. The first kappa shape index (κ1) is 14.0. The predicted molar refractivity (Wildman–Crippen MR) is 73.5 cm³/mol. The Bertz CT molecular complexity index is 347. The van der Waals surface area contributed by atoms with Crippen molar-refractivity contribution in [2.45, 2.75) is 46.1 Å². The maximum atomic E-state index is 6.09. The van der Waals surface area contributed by atoms with Crippen LogP contribution in [-0.4, -0.2) is 13.2 Å². The summed E-state index contributed by atoms with van der Waals surface area (Å²) in [5, 5.41) is 0. The molecule has 1 atom stereocenters. The second-order valence-electron chi connectivity index (χ2n) is 5.23. The lowest BCUT2D eigenvalue weighted by atomic mass is 9.97. The maximum Gasteiger partial charge on any atom is 0.121 e. The largest absolute Gasteiger partial charge is 0.496 e. The summed E-state index contributed by atoms with van der Waals surface area (Å²) in [6.07, 6.45) is 3.22. The Balaban J connectivity index is 2.49. The average molecular weight is 235 g/mol. The van der Waals surface area contributed by atoms with Crippen molar-refractivity contribution in [3.05, 3.63) is 29.3 Å².